The fraction of sp³-hybridized carbons (Fsp3) is 0.458. The molecule has 1 aliphatic rings. The second-order valence-electron chi connectivity index (χ2n) is 9.17. The van der Waals surface area contributed by atoms with E-state index >= 15 is 0 Å². The number of hydrogen-bond acceptors (Lipinski definition) is 6. The molecule has 0 aliphatic heterocycles. The van der Waals surface area contributed by atoms with E-state index < -0.39 is 5.60 Å². The van der Waals surface area contributed by atoms with Gasteiger partial charge in [0.05, 0.1) is 16.6 Å². The zero-order valence-corrected chi connectivity index (χ0v) is 19.4. The summed E-state index contributed by atoms with van der Waals surface area (Å²) in [5.74, 6) is 1.39. The number of pyridine rings is 1. The highest BCUT2D eigenvalue weighted by atomic mass is 35.5. The van der Waals surface area contributed by atoms with Crippen LogP contribution in [0.15, 0.2) is 36.5 Å². The van der Waals surface area contributed by atoms with Crippen LogP contribution in [0.2, 0.25) is 5.02 Å². The van der Waals surface area contributed by atoms with Crippen molar-refractivity contribution in [3.63, 3.8) is 0 Å². The number of anilines is 2. The van der Waals surface area contributed by atoms with Crippen molar-refractivity contribution >= 4 is 35.0 Å². The number of ether oxygens (including phenoxy) is 2. The molecular formula is C24H30ClN3O4. The molecule has 1 aromatic heterocycles. The van der Waals surface area contributed by atoms with Crippen LogP contribution in [0.1, 0.15) is 52.9 Å². The van der Waals surface area contributed by atoms with Gasteiger partial charge in [0.2, 0.25) is 5.91 Å². The lowest BCUT2D eigenvalue weighted by Gasteiger charge is -2.29. The van der Waals surface area contributed by atoms with Crippen LogP contribution in [0.25, 0.3) is 0 Å². The molecule has 3 N–H and O–H groups in total. The molecule has 1 amide bonds. The van der Waals surface area contributed by atoms with Gasteiger partial charge in [0.15, 0.2) is 0 Å². The predicted octanol–water partition coefficient (Wildman–Crippen LogP) is 5.59. The minimum Gasteiger partial charge on any atom is -0.460 e. The number of halogens is 1. The fourth-order valence-corrected chi connectivity index (χ4v) is 3.86. The van der Waals surface area contributed by atoms with Crippen LogP contribution in [0, 0.1) is 11.8 Å². The SMILES string of the molecule is CC(C)(C)OC(=O)C1CCC(CC(=O)Nc2cc(Oc3ccc(N)c(Cl)c3)ccn2)CC1. The Morgan fingerprint density at radius 3 is 2.47 bits per heavy atom. The van der Waals surface area contributed by atoms with Crippen molar-refractivity contribution < 1.29 is 19.1 Å². The van der Waals surface area contributed by atoms with Gasteiger partial charge >= 0.3 is 5.97 Å². The lowest BCUT2D eigenvalue weighted by Crippen LogP contribution is -2.31. The van der Waals surface area contributed by atoms with E-state index in [-0.39, 0.29) is 23.7 Å². The number of amides is 1. The largest absolute Gasteiger partial charge is 0.460 e. The summed E-state index contributed by atoms with van der Waals surface area (Å²) in [5.41, 5.74) is 5.72. The molecule has 7 nitrogen and oxygen atoms in total. The monoisotopic (exact) mass is 459 g/mol. The Labute approximate surface area is 193 Å². The molecule has 1 aromatic carbocycles. The maximum atomic E-state index is 12.5. The van der Waals surface area contributed by atoms with E-state index in [4.69, 9.17) is 26.8 Å². The highest BCUT2D eigenvalue weighted by Crippen LogP contribution is 2.33. The summed E-state index contributed by atoms with van der Waals surface area (Å²) >= 11 is 6.03. The Morgan fingerprint density at radius 1 is 1.12 bits per heavy atom. The van der Waals surface area contributed by atoms with Gasteiger partial charge in [0.25, 0.3) is 0 Å². The van der Waals surface area contributed by atoms with Crippen LogP contribution in [0.3, 0.4) is 0 Å². The van der Waals surface area contributed by atoms with Gasteiger partial charge in [-0.3, -0.25) is 9.59 Å². The summed E-state index contributed by atoms with van der Waals surface area (Å²) in [7, 11) is 0. The molecule has 1 fully saturated rings. The van der Waals surface area contributed by atoms with Crippen molar-refractivity contribution in [2.45, 2.75) is 58.5 Å². The first-order valence-electron chi connectivity index (χ1n) is 10.8. The van der Waals surface area contributed by atoms with Crippen LogP contribution >= 0.6 is 11.6 Å². The summed E-state index contributed by atoms with van der Waals surface area (Å²) in [5, 5.41) is 3.24. The number of nitrogens with zero attached hydrogens (tertiary/aromatic N) is 1. The maximum Gasteiger partial charge on any atom is 0.309 e. The first kappa shape index (κ1) is 23.9. The molecule has 1 aliphatic carbocycles. The lowest BCUT2D eigenvalue weighted by molar-refractivity contribution is -0.161. The number of nitrogens with two attached hydrogens (primary N) is 1. The molecule has 1 saturated carbocycles. The fourth-order valence-electron chi connectivity index (χ4n) is 3.69. The molecule has 2 aromatic rings. The van der Waals surface area contributed by atoms with Crippen molar-refractivity contribution in [3.8, 4) is 11.5 Å². The molecule has 0 radical (unpaired) electrons. The smallest absolute Gasteiger partial charge is 0.309 e. The number of esters is 1. The van der Waals surface area contributed by atoms with Crippen LogP contribution < -0.4 is 15.8 Å². The van der Waals surface area contributed by atoms with Crippen molar-refractivity contribution in [3.05, 3.63) is 41.6 Å². The average molecular weight is 460 g/mol. The maximum absolute atomic E-state index is 12.5. The normalized spacial score (nSPS) is 18.6. The Kier molecular flexibility index (Phi) is 7.61. The second-order valence-corrected chi connectivity index (χ2v) is 9.57. The number of carbonyl (C=O) groups is 2. The average Bonchev–Trinajstić information content (AvgIpc) is 2.70. The van der Waals surface area contributed by atoms with Crippen molar-refractivity contribution in [1.29, 1.82) is 0 Å². The van der Waals surface area contributed by atoms with Crippen LogP contribution in [0.4, 0.5) is 11.5 Å². The molecule has 0 unspecified atom stereocenters. The zero-order chi connectivity index (χ0) is 23.3. The van der Waals surface area contributed by atoms with E-state index in [2.05, 4.69) is 10.3 Å². The topological polar surface area (TPSA) is 104 Å². The van der Waals surface area contributed by atoms with Gasteiger partial charge in [0, 0.05) is 24.8 Å². The summed E-state index contributed by atoms with van der Waals surface area (Å²) < 4.78 is 11.3. The highest BCUT2D eigenvalue weighted by molar-refractivity contribution is 6.33. The van der Waals surface area contributed by atoms with Crippen LogP contribution in [0.5, 0.6) is 11.5 Å². The predicted molar refractivity (Wildman–Crippen MR) is 125 cm³/mol. The number of nitrogen functional groups attached to an aromatic ring is 1. The molecular weight excluding hydrogens is 430 g/mol. The van der Waals surface area contributed by atoms with Gasteiger partial charge in [-0.25, -0.2) is 4.98 Å². The van der Waals surface area contributed by atoms with Crippen molar-refractivity contribution in [1.82, 2.24) is 4.98 Å². The van der Waals surface area contributed by atoms with Gasteiger partial charge in [-0.1, -0.05) is 11.6 Å². The van der Waals surface area contributed by atoms with Gasteiger partial charge in [-0.15, -0.1) is 0 Å². The van der Waals surface area contributed by atoms with Gasteiger partial charge in [-0.05, 0) is 70.6 Å². The third-order valence-electron chi connectivity index (χ3n) is 5.27. The number of benzene rings is 1. The first-order chi connectivity index (χ1) is 15.1. The number of carbonyl (C=O) groups excluding carboxylic acids is 2. The van der Waals surface area contributed by atoms with Crippen LogP contribution in [-0.2, 0) is 14.3 Å². The molecule has 0 atom stereocenters. The quantitative estimate of drug-likeness (QED) is 0.431. The van der Waals surface area contributed by atoms with E-state index in [0.29, 0.717) is 34.4 Å². The Morgan fingerprint density at radius 2 is 1.81 bits per heavy atom. The molecule has 0 bridgehead atoms. The summed E-state index contributed by atoms with van der Waals surface area (Å²) in [4.78, 5) is 29.0. The summed E-state index contributed by atoms with van der Waals surface area (Å²) in [6, 6.07) is 8.36. The number of nitrogens with one attached hydrogen (secondary N) is 1. The minimum atomic E-state index is -0.473. The van der Waals surface area contributed by atoms with E-state index in [1.165, 1.54) is 0 Å². The van der Waals surface area contributed by atoms with E-state index in [1.54, 1.807) is 36.5 Å². The summed E-state index contributed by atoms with van der Waals surface area (Å²) in [6.45, 7) is 5.62. The standard InChI is InChI=1S/C24H30ClN3O4/c1-24(2,3)32-23(30)16-6-4-15(5-7-16)12-22(29)28-21-14-18(10-11-27-21)31-17-8-9-20(26)19(25)13-17/h8-11,13-16H,4-7,12,26H2,1-3H3,(H,27,28,29). The molecule has 8 heteroatoms. The Hall–Kier alpha value is -2.80. The molecule has 3 rings (SSSR count). The third-order valence-corrected chi connectivity index (χ3v) is 5.59. The second kappa shape index (κ2) is 10.2. The zero-order valence-electron chi connectivity index (χ0n) is 18.7. The van der Waals surface area contributed by atoms with Crippen molar-refractivity contribution in [2.75, 3.05) is 11.1 Å². The Bertz CT molecular complexity index is 966. The van der Waals surface area contributed by atoms with Crippen LogP contribution in [-0.4, -0.2) is 22.5 Å². The molecule has 0 spiro atoms. The van der Waals surface area contributed by atoms with E-state index in [9.17, 15) is 9.59 Å². The van der Waals surface area contributed by atoms with Gasteiger partial charge in [0.1, 0.15) is 22.9 Å². The lowest BCUT2D eigenvalue weighted by atomic mass is 9.80. The molecule has 1 heterocycles. The minimum absolute atomic E-state index is 0.0779. The van der Waals surface area contributed by atoms with E-state index in [1.807, 2.05) is 20.8 Å². The molecule has 32 heavy (non-hydrogen) atoms. The molecule has 0 saturated heterocycles. The van der Waals surface area contributed by atoms with Crippen molar-refractivity contribution in [2.24, 2.45) is 11.8 Å². The summed E-state index contributed by atoms with van der Waals surface area (Å²) in [6.07, 6.45) is 5.10. The molecule has 172 valence electrons. The number of aromatic nitrogens is 1. The van der Waals surface area contributed by atoms with Gasteiger partial charge in [-0.2, -0.15) is 0 Å². The highest BCUT2D eigenvalue weighted by Gasteiger charge is 2.30. The number of hydrogen-bond donors (Lipinski definition) is 2. The van der Waals surface area contributed by atoms with Gasteiger partial charge < -0.3 is 20.5 Å². The first-order valence-corrected chi connectivity index (χ1v) is 11.2. The number of rotatable bonds is 6. The van der Waals surface area contributed by atoms with E-state index in [0.717, 1.165) is 25.7 Å². The Balaban J connectivity index is 1.49. The third kappa shape index (κ3) is 7.12.